The molecule has 1 aliphatic rings. The van der Waals surface area contributed by atoms with Gasteiger partial charge in [0.05, 0.1) is 0 Å². The van der Waals surface area contributed by atoms with Crippen LogP contribution in [0.1, 0.15) is 12.5 Å². The Morgan fingerprint density at radius 3 is 2.33 bits per heavy atom. The van der Waals surface area contributed by atoms with Crippen molar-refractivity contribution in [1.82, 2.24) is 15.1 Å². The number of amides is 3. The number of nitrogens with one attached hydrogen (secondary N) is 1. The Balaban J connectivity index is 1.84. The minimum Gasteiger partial charge on any atom is -0.339 e. The summed E-state index contributed by atoms with van der Waals surface area (Å²) in [6.07, 6.45) is 0. The van der Waals surface area contributed by atoms with Gasteiger partial charge in [-0.1, -0.05) is 29.3 Å². The number of rotatable bonds is 2. The third-order valence-electron chi connectivity index (χ3n) is 3.46. The molecule has 0 aromatic heterocycles. The number of carbonyl (C=O) groups is 2. The molecule has 1 fully saturated rings. The number of benzene rings is 1. The van der Waals surface area contributed by atoms with Gasteiger partial charge in [0, 0.05) is 49.7 Å². The predicted molar refractivity (Wildman–Crippen MR) is 82.5 cm³/mol. The lowest BCUT2D eigenvalue weighted by Gasteiger charge is -2.34. The lowest BCUT2D eigenvalue weighted by molar-refractivity contribution is -0.130. The predicted octanol–water partition coefficient (Wildman–Crippen LogP) is 2.37. The highest BCUT2D eigenvalue weighted by Crippen LogP contribution is 2.20. The molecular weight excluding hydrogens is 313 g/mol. The first-order valence-corrected chi connectivity index (χ1v) is 7.45. The first-order valence-electron chi connectivity index (χ1n) is 6.69. The highest BCUT2D eigenvalue weighted by molar-refractivity contribution is 6.35. The van der Waals surface area contributed by atoms with Crippen LogP contribution in [-0.2, 0) is 11.3 Å². The molecule has 0 spiro atoms. The highest BCUT2D eigenvalue weighted by Gasteiger charge is 2.22. The molecule has 0 bridgehead atoms. The van der Waals surface area contributed by atoms with E-state index in [2.05, 4.69) is 5.32 Å². The number of piperazine rings is 1. The van der Waals surface area contributed by atoms with Crippen LogP contribution in [0.5, 0.6) is 0 Å². The smallest absolute Gasteiger partial charge is 0.317 e. The van der Waals surface area contributed by atoms with Gasteiger partial charge in [-0.05, 0) is 17.7 Å². The van der Waals surface area contributed by atoms with Crippen LogP contribution in [0, 0.1) is 0 Å². The minimum absolute atomic E-state index is 0.0444. The summed E-state index contributed by atoms with van der Waals surface area (Å²) in [6.45, 7) is 4.12. The van der Waals surface area contributed by atoms with Crippen molar-refractivity contribution in [2.45, 2.75) is 13.5 Å². The lowest BCUT2D eigenvalue weighted by atomic mass is 10.2. The van der Waals surface area contributed by atoms with E-state index in [4.69, 9.17) is 23.2 Å². The summed E-state index contributed by atoms with van der Waals surface area (Å²) >= 11 is 11.9. The van der Waals surface area contributed by atoms with Gasteiger partial charge in [0.15, 0.2) is 0 Å². The van der Waals surface area contributed by atoms with Crippen molar-refractivity contribution in [3.63, 3.8) is 0 Å². The fourth-order valence-electron chi connectivity index (χ4n) is 2.17. The molecular formula is C14H17Cl2N3O2. The first kappa shape index (κ1) is 15.9. The van der Waals surface area contributed by atoms with Crippen LogP contribution in [0.3, 0.4) is 0 Å². The van der Waals surface area contributed by atoms with Crippen molar-refractivity contribution in [3.8, 4) is 0 Å². The van der Waals surface area contributed by atoms with E-state index in [1.165, 1.54) is 6.92 Å². The standard InChI is InChI=1S/C14H17Cl2N3O2/c1-10(20)18-4-6-19(7-5-18)14(21)17-9-11-2-3-12(15)8-13(11)16/h2-3,8H,4-7,9H2,1H3,(H,17,21). The molecule has 5 nitrogen and oxygen atoms in total. The molecule has 1 saturated heterocycles. The van der Waals surface area contributed by atoms with Gasteiger partial charge in [0.25, 0.3) is 0 Å². The number of hydrogen-bond donors (Lipinski definition) is 1. The summed E-state index contributed by atoms with van der Waals surface area (Å²) in [5.41, 5.74) is 0.816. The second-order valence-corrected chi connectivity index (χ2v) is 5.73. The maximum Gasteiger partial charge on any atom is 0.317 e. The maximum absolute atomic E-state index is 12.1. The number of urea groups is 1. The summed E-state index contributed by atoms with van der Waals surface area (Å²) < 4.78 is 0. The van der Waals surface area contributed by atoms with Gasteiger partial charge in [0.2, 0.25) is 5.91 Å². The molecule has 1 aliphatic heterocycles. The number of halogens is 2. The monoisotopic (exact) mass is 329 g/mol. The van der Waals surface area contributed by atoms with E-state index >= 15 is 0 Å². The van der Waals surface area contributed by atoms with E-state index < -0.39 is 0 Å². The fourth-order valence-corrected chi connectivity index (χ4v) is 2.65. The summed E-state index contributed by atoms with van der Waals surface area (Å²) in [6, 6.07) is 5.03. The van der Waals surface area contributed by atoms with Crippen LogP contribution >= 0.6 is 23.2 Å². The van der Waals surface area contributed by atoms with E-state index in [0.29, 0.717) is 42.8 Å². The van der Waals surface area contributed by atoms with Gasteiger partial charge in [-0.3, -0.25) is 4.79 Å². The molecule has 21 heavy (non-hydrogen) atoms. The minimum atomic E-state index is -0.149. The van der Waals surface area contributed by atoms with Crippen LogP contribution in [0.15, 0.2) is 18.2 Å². The van der Waals surface area contributed by atoms with E-state index in [9.17, 15) is 9.59 Å². The summed E-state index contributed by atoms with van der Waals surface area (Å²) in [5, 5.41) is 3.93. The Morgan fingerprint density at radius 2 is 1.76 bits per heavy atom. The average Bonchev–Trinajstić information content (AvgIpc) is 2.46. The molecule has 0 aliphatic carbocycles. The molecule has 0 radical (unpaired) electrons. The zero-order valence-corrected chi connectivity index (χ0v) is 13.2. The Morgan fingerprint density at radius 1 is 1.14 bits per heavy atom. The van der Waals surface area contributed by atoms with E-state index in [0.717, 1.165) is 5.56 Å². The van der Waals surface area contributed by atoms with Crippen LogP contribution in [0.25, 0.3) is 0 Å². The Bertz CT molecular complexity index is 543. The zero-order chi connectivity index (χ0) is 15.4. The molecule has 7 heteroatoms. The Hall–Kier alpha value is -1.46. The van der Waals surface area contributed by atoms with Crippen molar-refractivity contribution in [2.75, 3.05) is 26.2 Å². The average molecular weight is 330 g/mol. The molecule has 114 valence electrons. The van der Waals surface area contributed by atoms with E-state index in [1.807, 2.05) is 0 Å². The zero-order valence-electron chi connectivity index (χ0n) is 11.7. The van der Waals surface area contributed by atoms with Gasteiger partial charge in [0.1, 0.15) is 0 Å². The first-order chi connectivity index (χ1) is 9.97. The van der Waals surface area contributed by atoms with Gasteiger partial charge < -0.3 is 15.1 Å². The van der Waals surface area contributed by atoms with Crippen molar-refractivity contribution in [3.05, 3.63) is 33.8 Å². The largest absolute Gasteiger partial charge is 0.339 e. The second kappa shape index (κ2) is 7.00. The SMILES string of the molecule is CC(=O)N1CCN(C(=O)NCc2ccc(Cl)cc2Cl)CC1. The highest BCUT2D eigenvalue weighted by atomic mass is 35.5. The lowest BCUT2D eigenvalue weighted by Crippen LogP contribution is -2.52. The van der Waals surface area contributed by atoms with Crippen LogP contribution < -0.4 is 5.32 Å². The molecule has 2 rings (SSSR count). The number of nitrogens with zero attached hydrogens (tertiary/aromatic N) is 2. The van der Waals surface area contributed by atoms with Gasteiger partial charge in [-0.2, -0.15) is 0 Å². The normalized spacial score (nSPS) is 15.0. The van der Waals surface area contributed by atoms with Crippen LogP contribution in [-0.4, -0.2) is 47.9 Å². The maximum atomic E-state index is 12.1. The molecule has 1 heterocycles. The Kier molecular flexibility index (Phi) is 5.31. The molecule has 1 aromatic carbocycles. The van der Waals surface area contributed by atoms with Crippen molar-refractivity contribution in [1.29, 1.82) is 0 Å². The topological polar surface area (TPSA) is 52.7 Å². The van der Waals surface area contributed by atoms with Gasteiger partial charge in [-0.25, -0.2) is 4.79 Å². The molecule has 1 aromatic rings. The fraction of sp³-hybridized carbons (Fsp3) is 0.429. The Labute approximate surface area is 133 Å². The summed E-state index contributed by atoms with van der Waals surface area (Å²) in [7, 11) is 0. The second-order valence-electron chi connectivity index (χ2n) is 4.89. The quantitative estimate of drug-likeness (QED) is 0.905. The van der Waals surface area contributed by atoms with Crippen molar-refractivity contribution < 1.29 is 9.59 Å². The number of hydrogen-bond acceptors (Lipinski definition) is 2. The molecule has 1 N–H and O–H groups in total. The van der Waals surface area contributed by atoms with Crippen LogP contribution in [0.2, 0.25) is 10.0 Å². The van der Waals surface area contributed by atoms with Crippen molar-refractivity contribution >= 4 is 35.1 Å². The molecule has 0 saturated carbocycles. The van der Waals surface area contributed by atoms with E-state index in [1.54, 1.807) is 28.0 Å². The van der Waals surface area contributed by atoms with Gasteiger partial charge in [-0.15, -0.1) is 0 Å². The summed E-state index contributed by atoms with van der Waals surface area (Å²) in [4.78, 5) is 26.7. The summed E-state index contributed by atoms with van der Waals surface area (Å²) in [5.74, 6) is 0.0444. The molecule has 0 unspecified atom stereocenters. The van der Waals surface area contributed by atoms with Crippen LogP contribution in [0.4, 0.5) is 4.79 Å². The third-order valence-corrected chi connectivity index (χ3v) is 4.04. The number of carbonyl (C=O) groups excluding carboxylic acids is 2. The van der Waals surface area contributed by atoms with E-state index in [-0.39, 0.29) is 11.9 Å². The van der Waals surface area contributed by atoms with Crippen molar-refractivity contribution in [2.24, 2.45) is 0 Å². The molecule has 0 atom stereocenters. The van der Waals surface area contributed by atoms with Gasteiger partial charge >= 0.3 is 6.03 Å². The third kappa shape index (κ3) is 4.25. The molecule has 3 amide bonds.